The van der Waals surface area contributed by atoms with E-state index in [9.17, 15) is 9.59 Å². The molecule has 0 spiro atoms. The summed E-state index contributed by atoms with van der Waals surface area (Å²) in [7, 11) is 0. The van der Waals surface area contributed by atoms with Crippen LogP contribution in [0.3, 0.4) is 0 Å². The molecule has 0 N–H and O–H groups in total. The number of esters is 1. The van der Waals surface area contributed by atoms with Crippen LogP contribution in [0.2, 0.25) is 0 Å². The van der Waals surface area contributed by atoms with Crippen molar-refractivity contribution in [2.24, 2.45) is 5.92 Å². The van der Waals surface area contributed by atoms with Gasteiger partial charge in [-0.1, -0.05) is 0 Å². The molecule has 0 aromatic heterocycles. The number of piperidine rings is 1. The summed E-state index contributed by atoms with van der Waals surface area (Å²) in [5, 5.41) is 0. The minimum absolute atomic E-state index is 0.155. The number of carbonyl (C=O) groups is 2. The van der Waals surface area contributed by atoms with Crippen LogP contribution in [-0.2, 0) is 14.3 Å². The van der Waals surface area contributed by atoms with E-state index < -0.39 is 23.3 Å². The first-order chi connectivity index (χ1) is 8.98. The van der Waals surface area contributed by atoms with Gasteiger partial charge in [-0.2, -0.15) is 0 Å². The van der Waals surface area contributed by atoms with E-state index >= 15 is 0 Å². The number of hydrogen-bond acceptors (Lipinski definition) is 4. The molecule has 0 bridgehead atoms. The Bertz CT molecular complexity index is 419. The molecule has 0 aromatic rings. The van der Waals surface area contributed by atoms with Gasteiger partial charge in [0.2, 0.25) is 0 Å². The summed E-state index contributed by atoms with van der Waals surface area (Å²) < 4.78 is 10.8. The minimum atomic E-state index is -0.553. The number of rotatable bonds is 1. The Labute approximate surface area is 120 Å². The van der Waals surface area contributed by atoms with E-state index in [1.165, 1.54) is 0 Å². The van der Waals surface area contributed by atoms with Crippen LogP contribution in [0.15, 0.2) is 0 Å². The lowest BCUT2D eigenvalue weighted by atomic mass is 10.1. The van der Waals surface area contributed by atoms with Crippen LogP contribution >= 0.6 is 0 Å². The number of amides is 1. The highest BCUT2D eigenvalue weighted by atomic mass is 16.6. The molecule has 3 atom stereocenters. The Morgan fingerprint density at radius 2 is 1.50 bits per heavy atom. The number of fused-ring (bicyclic) bond motifs is 1. The van der Waals surface area contributed by atoms with Crippen molar-refractivity contribution in [1.82, 2.24) is 4.90 Å². The zero-order valence-electron chi connectivity index (χ0n) is 13.2. The van der Waals surface area contributed by atoms with Crippen molar-refractivity contribution in [1.29, 1.82) is 0 Å². The van der Waals surface area contributed by atoms with Crippen LogP contribution < -0.4 is 0 Å². The van der Waals surface area contributed by atoms with Gasteiger partial charge in [0.05, 0.1) is 0 Å². The minimum Gasteiger partial charge on any atom is -0.458 e. The van der Waals surface area contributed by atoms with Crippen molar-refractivity contribution in [3.05, 3.63) is 0 Å². The average molecular weight is 283 g/mol. The van der Waals surface area contributed by atoms with Gasteiger partial charge in [0, 0.05) is 6.04 Å². The topological polar surface area (TPSA) is 55.8 Å². The molecule has 2 rings (SSSR count). The number of nitrogens with zero attached hydrogens (tertiary/aromatic N) is 1. The molecule has 1 aliphatic heterocycles. The maximum Gasteiger partial charge on any atom is 0.411 e. The first-order valence-corrected chi connectivity index (χ1v) is 7.22. The molecule has 5 nitrogen and oxygen atoms in total. The lowest BCUT2D eigenvalue weighted by Gasteiger charge is -2.31. The molecule has 20 heavy (non-hydrogen) atoms. The third kappa shape index (κ3) is 3.44. The van der Waals surface area contributed by atoms with Gasteiger partial charge in [-0.3, -0.25) is 4.90 Å². The Balaban J connectivity index is 2.06. The third-order valence-corrected chi connectivity index (χ3v) is 3.39. The molecule has 5 heteroatoms. The van der Waals surface area contributed by atoms with Crippen LogP contribution in [0.5, 0.6) is 0 Å². The fourth-order valence-electron chi connectivity index (χ4n) is 2.61. The monoisotopic (exact) mass is 283 g/mol. The van der Waals surface area contributed by atoms with Crippen molar-refractivity contribution < 1.29 is 19.1 Å². The summed E-state index contributed by atoms with van der Waals surface area (Å²) in [4.78, 5) is 26.1. The zero-order chi connectivity index (χ0) is 15.3. The van der Waals surface area contributed by atoms with Gasteiger partial charge in [0.25, 0.3) is 0 Å². The maximum absolute atomic E-state index is 12.3. The van der Waals surface area contributed by atoms with E-state index in [1.807, 2.05) is 41.5 Å². The van der Waals surface area contributed by atoms with Gasteiger partial charge < -0.3 is 9.47 Å². The summed E-state index contributed by atoms with van der Waals surface area (Å²) in [5.74, 6) is 0.107. The molecule has 0 radical (unpaired) electrons. The molecule has 2 aliphatic rings. The van der Waals surface area contributed by atoms with Crippen molar-refractivity contribution in [3.63, 3.8) is 0 Å². The molecular formula is C15H25NO4. The maximum atomic E-state index is 12.3. The molecule has 114 valence electrons. The molecule has 0 aromatic carbocycles. The Kier molecular flexibility index (Phi) is 3.51. The zero-order valence-corrected chi connectivity index (χ0v) is 13.2. The van der Waals surface area contributed by atoms with Gasteiger partial charge in [0.15, 0.2) is 0 Å². The van der Waals surface area contributed by atoms with Gasteiger partial charge in [-0.15, -0.1) is 0 Å². The van der Waals surface area contributed by atoms with Crippen LogP contribution in [0.25, 0.3) is 0 Å². The van der Waals surface area contributed by atoms with Crippen LogP contribution in [0.1, 0.15) is 54.4 Å². The molecule has 1 saturated heterocycles. The van der Waals surface area contributed by atoms with Crippen LogP contribution in [0, 0.1) is 5.92 Å². The fourth-order valence-corrected chi connectivity index (χ4v) is 2.61. The lowest BCUT2D eigenvalue weighted by Crippen LogP contribution is -2.47. The van der Waals surface area contributed by atoms with Gasteiger partial charge in [-0.05, 0) is 60.3 Å². The molecule has 0 unspecified atom stereocenters. The highest BCUT2D eigenvalue weighted by Gasteiger charge is 2.58. The van der Waals surface area contributed by atoms with E-state index in [-0.39, 0.29) is 12.0 Å². The summed E-state index contributed by atoms with van der Waals surface area (Å²) in [6.45, 7) is 11.0. The number of likely N-dealkylation sites (tertiary alicyclic amines) is 1. The normalized spacial score (nSPS) is 28.9. The van der Waals surface area contributed by atoms with E-state index in [0.29, 0.717) is 12.3 Å². The first kappa shape index (κ1) is 15.1. The molecule has 1 amide bonds. The molecule has 2 fully saturated rings. The summed E-state index contributed by atoms with van der Waals surface area (Å²) in [6, 6.07) is -0.338. The Hall–Kier alpha value is -1.26. The molecule has 1 saturated carbocycles. The SMILES string of the molecule is CC(C)(C)OC(=O)[C@@H]1C[C@H]2C[C@@H]2N1C(=O)OC(C)(C)C. The van der Waals surface area contributed by atoms with Crippen molar-refractivity contribution in [2.75, 3.05) is 0 Å². The summed E-state index contributed by atoms with van der Waals surface area (Å²) in [6.07, 6.45) is 1.26. The fraction of sp³-hybridized carbons (Fsp3) is 0.867. The standard InChI is InChI=1S/C15H25NO4/c1-14(2,3)19-12(17)11-8-9-7-10(9)16(11)13(18)20-15(4,5)6/h9-11H,7-8H2,1-6H3/t9-,10+,11+/m1/s1. The smallest absolute Gasteiger partial charge is 0.411 e. The Morgan fingerprint density at radius 3 is 2.00 bits per heavy atom. The van der Waals surface area contributed by atoms with Crippen molar-refractivity contribution >= 4 is 12.1 Å². The summed E-state index contributed by atoms with van der Waals surface area (Å²) >= 11 is 0. The highest BCUT2D eigenvalue weighted by Crippen LogP contribution is 2.48. The summed E-state index contributed by atoms with van der Waals surface area (Å²) in [5.41, 5.74) is -1.09. The Morgan fingerprint density at radius 1 is 0.950 bits per heavy atom. The second kappa shape index (κ2) is 4.64. The van der Waals surface area contributed by atoms with Crippen LogP contribution in [0.4, 0.5) is 4.79 Å². The van der Waals surface area contributed by atoms with Gasteiger partial charge in [-0.25, -0.2) is 9.59 Å². The predicted molar refractivity (Wildman–Crippen MR) is 74.2 cm³/mol. The second-order valence-corrected chi connectivity index (χ2v) is 7.74. The van der Waals surface area contributed by atoms with E-state index in [4.69, 9.17) is 9.47 Å². The second-order valence-electron chi connectivity index (χ2n) is 7.74. The van der Waals surface area contributed by atoms with Crippen molar-refractivity contribution in [3.8, 4) is 0 Å². The number of carbonyl (C=O) groups excluding carboxylic acids is 2. The largest absolute Gasteiger partial charge is 0.458 e. The third-order valence-electron chi connectivity index (χ3n) is 3.39. The quantitative estimate of drug-likeness (QED) is 0.694. The van der Waals surface area contributed by atoms with Crippen molar-refractivity contribution in [2.45, 2.75) is 77.7 Å². The molecule has 1 aliphatic carbocycles. The average Bonchev–Trinajstić information content (AvgIpc) is 2.83. The number of hydrogen-bond donors (Lipinski definition) is 0. The predicted octanol–water partition coefficient (Wildman–Crippen LogP) is 2.73. The van der Waals surface area contributed by atoms with Gasteiger partial charge in [0.1, 0.15) is 17.2 Å². The molecule has 1 heterocycles. The lowest BCUT2D eigenvalue weighted by molar-refractivity contribution is -0.160. The first-order valence-electron chi connectivity index (χ1n) is 7.22. The van der Waals surface area contributed by atoms with E-state index in [1.54, 1.807) is 4.90 Å². The number of ether oxygens (including phenoxy) is 2. The van der Waals surface area contributed by atoms with Gasteiger partial charge >= 0.3 is 12.1 Å². The van der Waals surface area contributed by atoms with E-state index in [0.717, 1.165) is 6.42 Å². The highest BCUT2D eigenvalue weighted by molar-refractivity contribution is 5.83. The van der Waals surface area contributed by atoms with E-state index in [2.05, 4.69) is 0 Å². The molecular weight excluding hydrogens is 258 g/mol. The van der Waals surface area contributed by atoms with Crippen LogP contribution in [-0.4, -0.2) is 40.2 Å².